The van der Waals surface area contributed by atoms with Gasteiger partial charge in [-0.25, -0.2) is 4.79 Å². The van der Waals surface area contributed by atoms with Crippen molar-refractivity contribution in [1.29, 1.82) is 0 Å². The Morgan fingerprint density at radius 2 is 1.82 bits per heavy atom. The molecule has 1 fully saturated rings. The number of amides is 2. The van der Waals surface area contributed by atoms with Crippen LogP contribution >= 0.6 is 0 Å². The summed E-state index contributed by atoms with van der Waals surface area (Å²) in [5, 5.41) is 5.32. The van der Waals surface area contributed by atoms with Gasteiger partial charge in [0, 0.05) is 11.7 Å². The van der Waals surface area contributed by atoms with Gasteiger partial charge in [-0.2, -0.15) is 13.2 Å². The summed E-state index contributed by atoms with van der Waals surface area (Å²) >= 11 is 0. The standard InChI is InChI=1S/C16H21F3N2O/c1-10-3-6-12(7-4-10)20-15(22)21-13-8-5-11(2)14(9-13)16(17,18)19/h5,8-10,12H,3-4,6-7H2,1-2H3,(H2,20,21,22). The number of alkyl halides is 3. The number of aryl methyl sites for hydroxylation is 1. The lowest BCUT2D eigenvalue weighted by atomic mass is 9.87. The van der Waals surface area contributed by atoms with Crippen molar-refractivity contribution >= 4 is 11.7 Å². The lowest BCUT2D eigenvalue weighted by molar-refractivity contribution is -0.138. The molecule has 0 heterocycles. The molecule has 3 nitrogen and oxygen atoms in total. The Labute approximate surface area is 128 Å². The van der Waals surface area contributed by atoms with Crippen molar-refractivity contribution in [2.75, 3.05) is 5.32 Å². The number of halogens is 3. The first-order valence-corrected chi connectivity index (χ1v) is 7.51. The molecule has 1 aliphatic rings. The number of nitrogens with one attached hydrogen (secondary N) is 2. The Morgan fingerprint density at radius 3 is 2.41 bits per heavy atom. The van der Waals surface area contributed by atoms with Gasteiger partial charge in [-0.1, -0.05) is 13.0 Å². The third-order valence-electron chi connectivity index (χ3n) is 4.15. The van der Waals surface area contributed by atoms with Crippen LogP contribution in [0.15, 0.2) is 18.2 Å². The first-order chi connectivity index (χ1) is 10.3. The van der Waals surface area contributed by atoms with Crippen molar-refractivity contribution < 1.29 is 18.0 Å². The minimum atomic E-state index is -4.42. The van der Waals surface area contributed by atoms with Crippen LogP contribution in [0.4, 0.5) is 23.7 Å². The van der Waals surface area contributed by atoms with E-state index >= 15 is 0 Å². The minimum Gasteiger partial charge on any atom is -0.335 e. The summed E-state index contributed by atoms with van der Waals surface area (Å²) < 4.78 is 38.5. The summed E-state index contributed by atoms with van der Waals surface area (Å²) in [6.45, 7) is 3.58. The van der Waals surface area contributed by atoms with Gasteiger partial charge >= 0.3 is 12.2 Å². The summed E-state index contributed by atoms with van der Waals surface area (Å²) in [7, 11) is 0. The largest absolute Gasteiger partial charge is 0.416 e. The molecule has 0 aromatic heterocycles. The Bertz CT molecular complexity index is 535. The Balaban J connectivity index is 1.97. The van der Waals surface area contributed by atoms with E-state index in [4.69, 9.17) is 0 Å². The lowest BCUT2D eigenvalue weighted by Crippen LogP contribution is -2.39. The van der Waals surface area contributed by atoms with Gasteiger partial charge in [0.25, 0.3) is 0 Å². The predicted molar refractivity (Wildman–Crippen MR) is 79.8 cm³/mol. The SMILES string of the molecule is Cc1ccc(NC(=O)NC2CCC(C)CC2)cc1C(F)(F)F. The maximum Gasteiger partial charge on any atom is 0.416 e. The molecule has 1 aromatic rings. The van der Waals surface area contributed by atoms with Gasteiger partial charge in [0.1, 0.15) is 0 Å². The molecule has 0 bridgehead atoms. The second kappa shape index (κ2) is 6.58. The van der Waals surface area contributed by atoms with E-state index in [1.54, 1.807) is 0 Å². The second-order valence-electron chi connectivity index (χ2n) is 6.08. The zero-order valence-electron chi connectivity index (χ0n) is 12.8. The smallest absolute Gasteiger partial charge is 0.335 e. The van der Waals surface area contributed by atoms with Crippen LogP contribution in [0.2, 0.25) is 0 Å². The highest BCUT2D eigenvalue weighted by molar-refractivity contribution is 5.89. The van der Waals surface area contributed by atoms with Gasteiger partial charge in [0.05, 0.1) is 5.56 Å². The maximum atomic E-state index is 12.8. The van der Waals surface area contributed by atoms with Crippen molar-refractivity contribution in [1.82, 2.24) is 5.32 Å². The van der Waals surface area contributed by atoms with Crippen molar-refractivity contribution in [3.63, 3.8) is 0 Å². The summed E-state index contributed by atoms with van der Waals surface area (Å²) in [6.07, 6.45) is -0.467. The van der Waals surface area contributed by atoms with Crippen LogP contribution in [-0.4, -0.2) is 12.1 Å². The average molecular weight is 314 g/mol. The van der Waals surface area contributed by atoms with Gasteiger partial charge in [0.15, 0.2) is 0 Å². The van der Waals surface area contributed by atoms with E-state index in [9.17, 15) is 18.0 Å². The van der Waals surface area contributed by atoms with Gasteiger partial charge in [-0.15, -0.1) is 0 Å². The summed E-state index contributed by atoms with van der Waals surface area (Å²) in [4.78, 5) is 11.9. The maximum absolute atomic E-state index is 12.8. The fourth-order valence-corrected chi connectivity index (χ4v) is 2.76. The second-order valence-corrected chi connectivity index (χ2v) is 6.08. The molecule has 122 valence electrons. The number of anilines is 1. The molecule has 0 unspecified atom stereocenters. The first-order valence-electron chi connectivity index (χ1n) is 7.51. The van der Waals surface area contributed by atoms with Crippen LogP contribution in [0.1, 0.15) is 43.7 Å². The van der Waals surface area contributed by atoms with E-state index in [0.717, 1.165) is 31.7 Å². The first kappa shape index (κ1) is 16.6. The number of carbonyl (C=O) groups excluding carboxylic acids is 1. The molecule has 0 spiro atoms. The van der Waals surface area contributed by atoms with Gasteiger partial charge in [-0.3, -0.25) is 0 Å². The van der Waals surface area contributed by atoms with E-state index in [1.165, 1.54) is 19.1 Å². The average Bonchev–Trinajstić information content (AvgIpc) is 2.42. The van der Waals surface area contributed by atoms with Crippen LogP contribution < -0.4 is 10.6 Å². The Kier molecular flexibility index (Phi) is 4.98. The molecule has 2 rings (SSSR count). The molecular weight excluding hydrogens is 293 g/mol. The fraction of sp³-hybridized carbons (Fsp3) is 0.562. The van der Waals surface area contributed by atoms with Crippen LogP contribution in [0, 0.1) is 12.8 Å². The van der Waals surface area contributed by atoms with E-state index in [-0.39, 0.29) is 17.3 Å². The zero-order valence-corrected chi connectivity index (χ0v) is 12.8. The number of carbonyl (C=O) groups is 1. The van der Waals surface area contributed by atoms with Gasteiger partial charge < -0.3 is 10.6 Å². The van der Waals surface area contributed by atoms with Crippen molar-refractivity contribution in [3.8, 4) is 0 Å². The summed E-state index contributed by atoms with van der Waals surface area (Å²) in [5.41, 5.74) is -0.434. The summed E-state index contributed by atoms with van der Waals surface area (Å²) in [6, 6.07) is 3.46. The van der Waals surface area contributed by atoms with Crippen molar-refractivity contribution in [3.05, 3.63) is 29.3 Å². The molecule has 0 aliphatic heterocycles. The van der Waals surface area contributed by atoms with E-state index in [0.29, 0.717) is 5.92 Å². The number of urea groups is 1. The highest BCUT2D eigenvalue weighted by Gasteiger charge is 2.32. The molecule has 6 heteroatoms. The topological polar surface area (TPSA) is 41.1 Å². The zero-order chi connectivity index (χ0) is 16.3. The Morgan fingerprint density at radius 1 is 1.18 bits per heavy atom. The molecule has 0 saturated heterocycles. The molecule has 1 aromatic carbocycles. The van der Waals surface area contributed by atoms with Crippen LogP contribution in [-0.2, 0) is 6.18 Å². The van der Waals surface area contributed by atoms with E-state index < -0.39 is 17.8 Å². The van der Waals surface area contributed by atoms with E-state index in [1.807, 2.05) is 0 Å². The number of hydrogen-bond acceptors (Lipinski definition) is 1. The monoisotopic (exact) mass is 314 g/mol. The predicted octanol–water partition coefficient (Wildman–Crippen LogP) is 4.71. The molecule has 2 N–H and O–H groups in total. The van der Waals surface area contributed by atoms with Gasteiger partial charge in [-0.05, 0) is 56.2 Å². The molecule has 22 heavy (non-hydrogen) atoms. The highest BCUT2D eigenvalue weighted by Crippen LogP contribution is 2.33. The lowest BCUT2D eigenvalue weighted by Gasteiger charge is -2.27. The molecule has 1 aliphatic carbocycles. The molecule has 0 atom stereocenters. The third-order valence-corrected chi connectivity index (χ3v) is 4.15. The molecule has 0 radical (unpaired) electrons. The van der Waals surface area contributed by atoms with Crippen molar-refractivity contribution in [2.24, 2.45) is 5.92 Å². The number of hydrogen-bond donors (Lipinski definition) is 2. The van der Waals surface area contributed by atoms with E-state index in [2.05, 4.69) is 17.6 Å². The number of benzene rings is 1. The van der Waals surface area contributed by atoms with Gasteiger partial charge in [0.2, 0.25) is 0 Å². The molecule has 2 amide bonds. The Hall–Kier alpha value is -1.72. The van der Waals surface area contributed by atoms with Crippen LogP contribution in [0.25, 0.3) is 0 Å². The van der Waals surface area contributed by atoms with Crippen molar-refractivity contribution in [2.45, 2.75) is 51.7 Å². The fourth-order valence-electron chi connectivity index (χ4n) is 2.76. The number of rotatable bonds is 2. The van der Waals surface area contributed by atoms with Crippen LogP contribution in [0.3, 0.4) is 0 Å². The summed E-state index contributed by atoms with van der Waals surface area (Å²) in [5.74, 6) is 0.674. The highest BCUT2D eigenvalue weighted by atomic mass is 19.4. The third kappa shape index (κ3) is 4.39. The van der Waals surface area contributed by atoms with Crippen LogP contribution in [0.5, 0.6) is 0 Å². The quantitative estimate of drug-likeness (QED) is 0.815. The molecular formula is C16H21F3N2O. The minimum absolute atomic E-state index is 0.101. The molecule has 1 saturated carbocycles. The normalized spacial score (nSPS) is 22.2.